The third-order valence-corrected chi connectivity index (χ3v) is 3.66. The van der Waals surface area contributed by atoms with Crippen LogP contribution in [0.2, 0.25) is 0 Å². The minimum absolute atomic E-state index is 0.352. The van der Waals surface area contributed by atoms with E-state index in [1.807, 2.05) is 25.1 Å². The number of aromatic amines is 1. The van der Waals surface area contributed by atoms with Crippen molar-refractivity contribution >= 4 is 27.0 Å². The summed E-state index contributed by atoms with van der Waals surface area (Å²) >= 11 is 3.41. The smallest absolute Gasteiger partial charge is 0.273 e. The number of nitrogens with one attached hydrogen (secondary N) is 1. The molecule has 2 aromatic heterocycles. The van der Waals surface area contributed by atoms with Gasteiger partial charge in [-0.1, -0.05) is 12.1 Å². The Morgan fingerprint density at radius 2 is 1.90 bits per heavy atom. The highest BCUT2D eigenvalue weighted by molar-refractivity contribution is 9.10. The van der Waals surface area contributed by atoms with Gasteiger partial charge < -0.3 is 0 Å². The van der Waals surface area contributed by atoms with Crippen molar-refractivity contribution in [1.29, 1.82) is 0 Å². The van der Waals surface area contributed by atoms with Gasteiger partial charge in [0.1, 0.15) is 0 Å². The molecule has 5 nitrogen and oxygen atoms in total. The molecular formula is C14H10BrN3O2. The highest BCUT2D eigenvalue weighted by Gasteiger charge is 2.12. The van der Waals surface area contributed by atoms with Gasteiger partial charge in [-0.05, 0) is 47.1 Å². The Morgan fingerprint density at radius 3 is 2.65 bits per heavy atom. The Kier molecular flexibility index (Phi) is 3.02. The molecule has 0 saturated heterocycles. The second kappa shape index (κ2) is 4.72. The fourth-order valence-electron chi connectivity index (χ4n) is 2.06. The number of nitrogens with zero attached hydrogens (tertiary/aromatic N) is 2. The van der Waals surface area contributed by atoms with Crippen molar-refractivity contribution in [1.82, 2.24) is 14.5 Å². The van der Waals surface area contributed by atoms with Gasteiger partial charge in [0.2, 0.25) is 0 Å². The van der Waals surface area contributed by atoms with Gasteiger partial charge in [0.25, 0.3) is 5.56 Å². The number of hydrogen-bond donors (Lipinski definition) is 1. The maximum absolute atomic E-state index is 12.2. The number of rotatable bonds is 1. The van der Waals surface area contributed by atoms with Crippen LogP contribution < -0.4 is 11.2 Å². The lowest BCUT2D eigenvalue weighted by Crippen LogP contribution is -2.30. The molecule has 0 spiro atoms. The van der Waals surface area contributed by atoms with Crippen LogP contribution in [0.5, 0.6) is 0 Å². The molecule has 1 aromatic carbocycles. The summed E-state index contributed by atoms with van der Waals surface area (Å²) in [5.74, 6) is 0. The van der Waals surface area contributed by atoms with E-state index in [4.69, 9.17) is 0 Å². The van der Waals surface area contributed by atoms with Gasteiger partial charge in [-0.25, -0.2) is 14.3 Å². The molecule has 0 radical (unpaired) electrons. The van der Waals surface area contributed by atoms with Gasteiger partial charge in [-0.3, -0.25) is 9.78 Å². The number of benzene rings is 1. The minimum Gasteiger partial charge on any atom is -0.273 e. The molecule has 0 unspecified atom stereocenters. The van der Waals surface area contributed by atoms with Crippen molar-refractivity contribution in [3.63, 3.8) is 0 Å². The van der Waals surface area contributed by atoms with E-state index in [0.717, 1.165) is 10.2 Å². The zero-order valence-corrected chi connectivity index (χ0v) is 12.1. The Bertz CT molecular complexity index is 928. The SMILES string of the molecule is Cc1ccc2c(=O)[nH]c(=O)n(-c3ccccc3Br)c2n1. The van der Waals surface area contributed by atoms with Crippen LogP contribution in [-0.2, 0) is 0 Å². The zero-order chi connectivity index (χ0) is 14.3. The molecule has 3 rings (SSSR count). The van der Waals surface area contributed by atoms with Crippen LogP contribution in [0.1, 0.15) is 5.69 Å². The normalized spacial score (nSPS) is 10.9. The van der Waals surface area contributed by atoms with Crippen molar-refractivity contribution in [3.8, 4) is 5.69 Å². The number of halogens is 1. The van der Waals surface area contributed by atoms with Crippen molar-refractivity contribution < 1.29 is 0 Å². The van der Waals surface area contributed by atoms with E-state index >= 15 is 0 Å². The highest BCUT2D eigenvalue weighted by atomic mass is 79.9. The molecule has 0 bridgehead atoms. The summed E-state index contributed by atoms with van der Waals surface area (Å²) in [4.78, 5) is 30.7. The van der Waals surface area contributed by atoms with Gasteiger partial charge in [-0.2, -0.15) is 0 Å². The van der Waals surface area contributed by atoms with Gasteiger partial charge in [-0.15, -0.1) is 0 Å². The number of H-pyrrole nitrogens is 1. The highest BCUT2D eigenvalue weighted by Crippen LogP contribution is 2.21. The molecule has 0 atom stereocenters. The molecule has 2 heterocycles. The maximum atomic E-state index is 12.2. The predicted molar refractivity (Wildman–Crippen MR) is 80.4 cm³/mol. The summed E-state index contributed by atoms with van der Waals surface area (Å²) in [5.41, 5.74) is 0.791. The molecule has 6 heteroatoms. The van der Waals surface area contributed by atoms with E-state index in [9.17, 15) is 9.59 Å². The van der Waals surface area contributed by atoms with Crippen LogP contribution in [0, 0.1) is 6.92 Å². The largest absolute Gasteiger partial charge is 0.334 e. The summed E-state index contributed by atoms with van der Waals surface area (Å²) < 4.78 is 2.15. The summed E-state index contributed by atoms with van der Waals surface area (Å²) in [6, 6.07) is 10.7. The number of fused-ring (bicyclic) bond motifs is 1. The fraction of sp³-hybridized carbons (Fsp3) is 0.0714. The third kappa shape index (κ3) is 1.98. The van der Waals surface area contributed by atoms with E-state index < -0.39 is 11.2 Å². The van der Waals surface area contributed by atoms with E-state index in [2.05, 4.69) is 25.9 Å². The van der Waals surface area contributed by atoms with Gasteiger partial charge >= 0.3 is 5.69 Å². The first-order valence-corrected chi connectivity index (χ1v) is 6.75. The Balaban J connectivity index is 2.54. The third-order valence-electron chi connectivity index (χ3n) is 2.99. The van der Waals surface area contributed by atoms with Crippen molar-refractivity contribution in [2.45, 2.75) is 6.92 Å². The number of para-hydroxylation sites is 1. The summed E-state index contributed by atoms with van der Waals surface area (Å²) in [6.07, 6.45) is 0. The lowest BCUT2D eigenvalue weighted by Gasteiger charge is -2.10. The van der Waals surface area contributed by atoms with Crippen LogP contribution >= 0.6 is 15.9 Å². The second-order valence-corrected chi connectivity index (χ2v) is 5.22. The first-order chi connectivity index (χ1) is 9.58. The van der Waals surface area contributed by atoms with Crippen molar-refractivity contribution in [2.75, 3.05) is 0 Å². The predicted octanol–water partition coefficient (Wildman–Crippen LogP) is 2.14. The Labute approximate surface area is 122 Å². The molecule has 0 amide bonds. The molecule has 0 aliphatic heterocycles. The summed E-state index contributed by atoms with van der Waals surface area (Å²) in [7, 11) is 0. The maximum Gasteiger partial charge on any atom is 0.334 e. The van der Waals surface area contributed by atoms with Crippen LogP contribution in [0.3, 0.4) is 0 Å². The molecule has 0 fully saturated rings. The van der Waals surface area contributed by atoms with E-state index in [1.54, 1.807) is 18.2 Å². The quantitative estimate of drug-likeness (QED) is 0.742. The molecule has 20 heavy (non-hydrogen) atoms. The number of aromatic nitrogens is 3. The number of hydrogen-bond acceptors (Lipinski definition) is 3. The van der Waals surface area contributed by atoms with Gasteiger partial charge in [0, 0.05) is 10.2 Å². The van der Waals surface area contributed by atoms with E-state index in [-0.39, 0.29) is 0 Å². The Morgan fingerprint density at radius 1 is 1.15 bits per heavy atom. The van der Waals surface area contributed by atoms with Gasteiger partial charge in [0.05, 0.1) is 11.1 Å². The number of aryl methyl sites for hydroxylation is 1. The van der Waals surface area contributed by atoms with Crippen LogP contribution in [0.15, 0.2) is 50.5 Å². The molecule has 1 N–H and O–H groups in total. The second-order valence-electron chi connectivity index (χ2n) is 4.37. The van der Waals surface area contributed by atoms with E-state index in [0.29, 0.717) is 16.7 Å². The first-order valence-electron chi connectivity index (χ1n) is 5.95. The van der Waals surface area contributed by atoms with Crippen molar-refractivity contribution in [2.24, 2.45) is 0 Å². The monoisotopic (exact) mass is 331 g/mol. The van der Waals surface area contributed by atoms with Crippen LogP contribution in [-0.4, -0.2) is 14.5 Å². The Hall–Kier alpha value is -2.21. The molecule has 0 aliphatic rings. The van der Waals surface area contributed by atoms with Crippen LogP contribution in [0.25, 0.3) is 16.7 Å². The summed E-state index contributed by atoms with van der Waals surface area (Å²) in [5, 5.41) is 0.381. The lowest BCUT2D eigenvalue weighted by atomic mass is 10.2. The zero-order valence-electron chi connectivity index (χ0n) is 10.6. The lowest BCUT2D eigenvalue weighted by molar-refractivity contribution is 0.917. The van der Waals surface area contributed by atoms with Crippen molar-refractivity contribution in [3.05, 3.63) is 67.4 Å². The molecule has 100 valence electrons. The number of pyridine rings is 1. The fourth-order valence-corrected chi connectivity index (χ4v) is 2.53. The molecule has 0 aliphatic carbocycles. The average molecular weight is 332 g/mol. The minimum atomic E-state index is -0.507. The van der Waals surface area contributed by atoms with Gasteiger partial charge in [0.15, 0.2) is 5.65 Å². The van der Waals surface area contributed by atoms with E-state index in [1.165, 1.54) is 4.57 Å². The molecule has 3 aromatic rings. The average Bonchev–Trinajstić information content (AvgIpc) is 2.40. The standard InChI is InChI=1S/C14H10BrN3O2/c1-8-6-7-9-12(16-8)18(14(20)17-13(9)19)11-5-3-2-4-10(11)15/h2-7H,1H3,(H,17,19,20). The summed E-state index contributed by atoms with van der Waals surface area (Å²) in [6.45, 7) is 1.81. The molecule has 0 saturated carbocycles. The topological polar surface area (TPSA) is 67.8 Å². The first kappa shape index (κ1) is 12.8. The molecular weight excluding hydrogens is 322 g/mol. The van der Waals surface area contributed by atoms with Crippen LogP contribution in [0.4, 0.5) is 0 Å².